The summed E-state index contributed by atoms with van der Waals surface area (Å²) in [7, 11) is 0. The molecule has 1 aliphatic carbocycles. The van der Waals surface area contributed by atoms with Crippen LogP contribution in [0.3, 0.4) is 0 Å². The molecule has 0 radical (unpaired) electrons. The molecule has 3 fully saturated rings. The van der Waals surface area contributed by atoms with Crippen molar-refractivity contribution in [2.24, 2.45) is 5.92 Å². The zero-order valence-electron chi connectivity index (χ0n) is 13.0. The molecule has 22 heavy (non-hydrogen) atoms. The summed E-state index contributed by atoms with van der Waals surface area (Å²) in [5.41, 5.74) is 1.15. The summed E-state index contributed by atoms with van der Waals surface area (Å²) < 4.78 is 6.06. The summed E-state index contributed by atoms with van der Waals surface area (Å²) in [6.45, 7) is 4.95. The number of carbonyl (C=O) groups excluding carboxylic acids is 1. The fraction of sp³-hybridized carbons (Fsp3) is 0.750. The Kier molecular flexibility index (Phi) is 3.92. The van der Waals surface area contributed by atoms with E-state index < -0.39 is 0 Å². The van der Waals surface area contributed by atoms with Crippen LogP contribution in [0.5, 0.6) is 0 Å². The number of carbonyl (C=O) groups is 1. The van der Waals surface area contributed by atoms with E-state index in [0.717, 1.165) is 56.0 Å². The number of nitrogens with one attached hydrogen (secondary N) is 1. The number of aryl methyl sites for hydroxylation is 1. The lowest BCUT2D eigenvalue weighted by molar-refractivity contribution is -0.133. The minimum atomic E-state index is -0.225. The van der Waals surface area contributed by atoms with Crippen molar-refractivity contribution in [2.45, 2.75) is 57.4 Å². The molecule has 4 rings (SSSR count). The molecular weight excluding hydrogens is 298 g/mol. The summed E-state index contributed by atoms with van der Waals surface area (Å²) in [4.78, 5) is 19.1. The maximum absolute atomic E-state index is 12.2. The van der Waals surface area contributed by atoms with E-state index in [1.807, 2.05) is 6.92 Å². The van der Waals surface area contributed by atoms with Crippen molar-refractivity contribution in [3.8, 4) is 0 Å². The number of likely N-dealkylation sites (tertiary alicyclic amines) is 1. The van der Waals surface area contributed by atoms with Crippen molar-refractivity contribution in [1.82, 2.24) is 15.2 Å². The number of aromatic nitrogens is 1. The van der Waals surface area contributed by atoms with Crippen LogP contribution in [0.2, 0.25) is 0 Å². The van der Waals surface area contributed by atoms with Gasteiger partial charge >= 0.3 is 0 Å². The molecule has 1 amide bonds. The van der Waals surface area contributed by atoms with Crippen molar-refractivity contribution >= 4 is 17.2 Å². The standard InChI is InChI=1S/C16H23N3O2S/c1-10-17-13(9-22-10)7-19-5-4-11-6-14(21-15(11)8-19)16(20)18-12-2-3-12/h9,11-12,14-15H,2-8H2,1H3,(H,18,20)/t11-,14-,15+/m1/s1. The normalized spacial score (nSPS) is 32.0. The lowest BCUT2D eigenvalue weighted by Crippen LogP contribution is -2.42. The SMILES string of the molecule is Cc1nc(CN2CC[C@@H]3C[C@H](C(=O)NC4CC4)O[C@H]3C2)cs1. The number of hydrogen-bond acceptors (Lipinski definition) is 5. The first-order chi connectivity index (χ1) is 10.7. The molecule has 5 nitrogen and oxygen atoms in total. The number of thiazole rings is 1. The van der Waals surface area contributed by atoms with Gasteiger partial charge < -0.3 is 10.1 Å². The van der Waals surface area contributed by atoms with Crippen LogP contribution in [0, 0.1) is 12.8 Å². The summed E-state index contributed by atoms with van der Waals surface area (Å²) in [5, 5.41) is 6.34. The van der Waals surface area contributed by atoms with E-state index in [4.69, 9.17) is 4.74 Å². The van der Waals surface area contributed by atoms with Gasteiger partial charge in [-0.2, -0.15) is 0 Å². The minimum Gasteiger partial charge on any atom is -0.364 e. The molecule has 2 saturated heterocycles. The summed E-state index contributed by atoms with van der Waals surface area (Å²) in [5.74, 6) is 0.655. The molecule has 1 aromatic rings. The second-order valence-corrected chi connectivity index (χ2v) is 7.89. The highest BCUT2D eigenvalue weighted by atomic mass is 32.1. The zero-order chi connectivity index (χ0) is 15.1. The van der Waals surface area contributed by atoms with Gasteiger partial charge in [-0.3, -0.25) is 9.69 Å². The van der Waals surface area contributed by atoms with Crippen molar-refractivity contribution in [3.05, 3.63) is 16.1 Å². The van der Waals surface area contributed by atoms with E-state index in [1.54, 1.807) is 11.3 Å². The fourth-order valence-electron chi connectivity index (χ4n) is 3.54. The fourth-order valence-corrected chi connectivity index (χ4v) is 4.14. The molecule has 2 aliphatic heterocycles. The first-order valence-corrected chi connectivity index (χ1v) is 9.14. The van der Waals surface area contributed by atoms with Crippen LogP contribution in [-0.2, 0) is 16.1 Å². The molecule has 0 unspecified atom stereocenters. The van der Waals surface area contributed by atoms with Gasteiger partial charge in [-0.1, -0.05) is 0 Å². The Morgan fingerprint density at radius 3 is 3.09 bits per heavy atom. The van der Waals surface area contributed by atoms with Gasteiger partial charge in [-0.25, -0.2) is 4.98 Å². The van der Waals surface area contributed by atoms with Gasteiger partial charge in [0, 0.05) is 24.5 Å². The second kappa shape index (κ2) is 5.91. The van der Waals surface area contributed by atoms with Gasteiger partial charge in [0.1, 0.15) is 6.10 Å². The first-order valence-electron chi connectivity index (χ1n) is 8.26. The number of ether oxygens (including phenoxy) is 1. The monoisotopic (exact) mass is 321 g/mol. The molecule has 120 valence electrons. The minimum absolute atomic E-state index is 0.110. The lowest BCUT2D eigenvalue weighted by Gasteiger charge is -2.33. The predicted octanol–water partition coefficient (Wildman–Crippen LogP) is 1.71. The number of nitrogens with zero attached hydrogens (tertiary/aromatic N) is 2. The molecule has 1 N–H and O–H groups in total. The number of amides is 1. The molecule has 0 bridgehead atoms. The lowest BCUT2D eigenvalue weighted by atomic mass is 9.91. The molecule has 0 aromatic carbocycles. The largest absolute Gasteiger partial charge is 0.364 e. The smallest absolute Gasteiger partial charge is 0.249 e. The van der Waals surface area contributed by atoms with E-state index in [1.165, 1.54) is 0 Å². The Labute approximate surface area is 135 Å². The molecular formula is C16H23N3O2S. The van der Waals surface area contributed by atoms with Crippen LogP contribution in [0.4, 0.5) is 0 Å². The van der Waals surface area contributed by atoms with E-state index in [2.05, 4.69) is 20.6 Å². The van der Waals surface area contributed by atoms with Crippen LogP contribution in [0.25, 0.3) is 0 Å². The summed E-state index contributed by atoms with van der Waals surface area (Å²) in [6.07, 6.45) is 4.27. The molecule has 1 aromatic heterocycles. The van der Waals surface area contributed by atoms with Gasteiger partial charge in [0.15, 0.2) is 0 Å². The van der Waals surface area contributed by atoms with Crippen molar-refractivity contribution in [2.75, 3.05) is 13.1 Å². The van der Waals surface area contributed by atoms with Gasteiger partial charge in [0.05, 0.1) is 16.8 Å². The van der Waals surface area contributed by atoms with Gasteiger partial charge in [-0.15, -0.1) is 11.3 Å². The third-order valence-corrected chi connectivity index (χ3v) is 5.73. The van der Waals surface area contributed by atoms with Gasteiger partial charge in [0.25, 0.3) is 0 Å². The van der Waals surface area contributed by atoms with Crippen LogP contribution >= 0.6 is 11.3 Å². The molecule has 6 heteroatoms. The summed E-state index contributed by atoms with van der Waals surface area (Å²) in [6, 6.07) is 0.420. The zero-order valence-corrected chi connectivity index (χ0v) is 13.8. The highest BCUT2D eigenvalue weighted by molar-refractivity contribution is 7.09. The topological polar surface area (TPSA) is 54.5 Å². The third kappa shape index (κ3) is 3.19. The predicted molar refractivity (Wildman–Crippen MR) is 84.7 cm³/mol. The van der Waals surface area contributed by atoms with Crippen molar-refractivity contribution < 1.29 is 9.53 Å². The maximum Gasteiger partial charge on any atom is 0.249 e. The second-order valence-electron chi connectivity index (χ2n) is 6.82. The Hall–Kier alpha value is -0.980. The first kappa shape index (κ1) is 14.6. The van der Waals surface area contributed by atoms with Crippen molar-refractivity contribution in [1.29, 1.82) is 0 Å². The Morgan fingerprint density at radius 1 is 1.50 bits per heavy atom. The quantitative estimate of drug-likeness (QED) is 0.917. The van der Waals surface area contributed by atoms with E-state index in [0.29, 0.717) is 12.0 Å². The highest BCUT2D eigenvalue weighted by Crippen LogP contribution is 2.34. The van der Waals surface area contributed by atoms with E-state index in [-0.39, 0.29) is 18.1 Å². The Balaban J connectivity index is 1.32. The van der Waals surface area contributed by atoms with E-state index >= 15 is 0 Å². The molecule has 0 spiro atoms. The van der Waals surface area contributed by atoms with Gasteiger partial charge in [0.2, 0.25) is 5.91 Å². The number of fused-ring (bicyclic) bond motifs is 1. The van der Waals surface area contributed by atoms with Crippen molar-refractivity contribution in [3.63, 3.8) is 0 Å². The van der Waals surface area contributed by atoms with Crippen LogP contribution in [-0.4, -0.2) is 47.1 Å². The molecule has 3 aliphatic rings. The van der Waals surface area contributed by atoms with Crippen LogP contribution in [0.15, 0.2) is 5.38 Å². The van der Waals surface area contributed by atoms with E-state index in [9.17, 15) is 4.79 Å². The number of piperidine rings is 1. The third-order valence-electron chi connectivity index (χ3n) is 4.90. The van der Waals surface area contributed by atoms with Crippen LogP contribution < -0.4 is 5.32 Å². The molecule has 3 atom stereocenters. The van der Waals surface area contributed by atoms with Crippen LogP contribution in [0.1, 0.15) is 36.4 Å². The highest BCUT2D eigenvalue weighted by Gasteiger charge is 2.42. The number of hydrogen-bond donors (Lipinski definition) is 1. The average molecular weight is 321 g/mol. The molecule has 3 heterocycles. The Morgan fingerprint density at radius 2 is 2.36 bits per heavy atom. The molecule has 1 saturated carbocycles. The van der Waals surface area contributed by atoms with Gasteiger partial charge in [-0.05, 0) is 45.1 Å². The summed E-state index contributed by atoms with van der Waals surface area (Å²) >= 11 is 1.71. The number of rotatable bonds is 4. The Bertz CT molecular complexity index is 557. The average Bonchev–Trinajstić information content (AvgIpc) is 3.05. The maximum atomic E-state index is 12.2.